The van der Waals surface area contributed by atoms with E-state index in [1.165, 1.54) is 9.80 Å². The summed E-state index contributed by atoms with van der Waals surface area (Å²) >= 11 is 0. The molecule has 240 valence electrons. The highest BCUT2D eigenvalue weighted by molar-refractivity contribution is 6.02. The van der Waals surface area contributed by atoms with E-state index in [0.29, 0.717) is 12.8 Å². The van der Waals surface area contributed by atoms with Crippen molar-refractivity contribution >= 4 is 29.4 Å². The van der Waals surface area contributed by atoms with E-state index in [9.17, 15) is 33.2 Å². The molecular weight excluding hydrogens is 593 g/mol. The lowest BCUT2D eigenvalue weighted by Crippen LogP contribution is -2.61. The van der Waals surface area contributed by atoms with Gasteiger partial charge in [-0.3, -0.25) is 19.2 Å². The number of halogens is 3. The van der Waals surface area contributed by atoms with Gasteiger partial charge in [-0.2, -0.15) is 5.26 Å². The van der Waals surface area contributed by atoms with Gasteiger partial charge in [-0.05, 0) is 54.8 Å². The average molecular weight is 629 g/mol. The van der Waals surface area contributed by atoms with E-state index in [1.807, 2.05) is 0 Å². The first-order chi connectivity index (χ1) is 21.2. The van der Waals surface area contributed by atoms with Crippen molar-refractivity contribution in [2.24, 2.45) is 29.1 Å². The number of likely N-dealkylation sites (tertiary alicyclic amines) is 2. The third kappa shape index (κ3) is 4.55. The van der Waals surface area contributed by atoms with Crippen LogP contribution in [-0.2, 0) is 19.2 Å². The lowest BCUT2D eigenvalue weighted by atomic mass is 9.77. The molecule has 3 aliphatic heterocycles. The molecule has 1 aromatic rings. The summed E-state index contributed by atoms with van der Waals surface area (Å²) in [6.45, 7) is 4.98. The minimum Gasteiger partial charge on any atom is -0.471 e. The van der Waals surface area contributed by atoms with E-state index >= 15 is 4.39 Å². The van der Waals surface area contributed by atoms with Gasteiger partial charge in [0.25, 0.3) is 11.8 Å². The van der Waals surface area contributed by atoms with Gasteiger partial charge in [-0.1, -0.05) is 20.8 Å². The molecule has 0 aromatic carbocycles. The Morgan fingerprint density at radius 3 is 2.62 bits per heavy atom. The summed E-state index contributed by atoms with van der Waals surface area (Å²) < 4.78 is 49.9. The van der Waals surface area contributed by atoms with Crippen molar-refractivity contribution in [2.75, 3.05) is 18.4 Å². The molecule has 1 spiro atoms. The normalized spacial score (nSPS) is 36.1. The summed E-state index contributed by atoms with van der Waals surface area (Å²) in [6.07, 6.45) is 0.601. The molecule has 45 heavy (non-hydrogen) atoms. The average Bonchev–Trinajstić information content (AvgIpc) is 3.30. The summed E-state index contributed by atoms with van der Waals surface area (Å²) in [5.41, 5.74) is -4.60. The van der Waals surface area contributed by atoms with Gasteiger partial charge >= 0.3 is 0 Å². The molecule has 8 unspecified atom stereocenters. The zero-order chi connectivity index (χ0) is 32.2. The van der Waals surface area contributed by atoms with Gasteiger partial charge < -0.3 is 25.2 Å². The Labute approximate surface area is 257 Å². The van der Waals surface area contributed by atoms with Crippen LogP contribution in [0.5, 0.6) is 5.75 Å². The summed E-state index contributed by atoms with van der Waals surface area (Å²) in [5.74, 6) is -4.67. The molecule has 7 rings (SSSR count). The van der Waals surface area contributed by atoms with Crippen molar-refractivity contribution in [3.8, 4) is 11.8 Å². The molecule has 5 fully saturated rings. The van der Waals surface area contributed by atoms with Crippen LogP contribution in [-0.4, -0.2) is 87.1 Å². The van der Waals surface area contributed by atoms with Gasteiger partial charge in [0.15, 0.2) is 17.2 Å². The van der Waals surface area contributed by atoms with Crippen molar-refractivity contribution in [2.45, 2.75) is 88.4 Å². The molecule has 0 radical (unpaired) electrons. The monoisotopic (exact) mass is 628 g/mol. The van der Waals surface area contributed by atoms with E-state index < -0.39 is 82.3 Å². The molecule has 14 heteroatoms. The lowest BCUT2D eigenvalue weighted by molar-refractivity contribution is -0.150. The lowest BCUT2D eigenvalue weighted by Gasteiger charge is -2.39. The number of hydrogen-bond acceptors (Lipinski definition) is 7. The van der Waals surface area contributed by atoms with E-state index in [2.05, 4.69) is 21.7 Å². The Balaban J connectivity index is 1.22. The molecular formula is C31H35F3N6O5. The van der Waals surface area contributed by atoms with Crippen LogP contribution in [0, 0.1) is 46.2 Å². The highest BCUT2D eigenvalue weighted by Crippen LogP contribution is 2.59. The first-order valence-electron chi connectivity index (χ1n) is 15.5. The van der Waals surface area contributed by atoms with Crippen LogP contribution in [0.2, 0.25) is 0 Å². The summed E-state index contributed by atoms with van der Waals surface area (Å²) in [5, 5.41) is 15.3. The molecule has 9 atom stereocenters. The smallest absolute Gasteiger partial charge is 0.271 e. The van der Waals surface area contributed by atoms with Gasteiger partial charge in [-0.15, -0.1) is 0 Å². The third-order valence-electron chi connectivity index (χ3n) is 10.8. The van der Waals surface area contributed by atoms with E-state index in [4.69, 9.17) is 4.74 Å². The van der Waals surface area contributed by atoms with Crippen molar-refractivity contribution < 1.29 is 37.1 Å². The number of rotatable bonds is 4. The molecule has 2 saturated heterocycles. The van der Waals surface area contributed by atoms with Gasteiger partial charge in [0.05, 0.1) is 18.8 Å². The predicted octanol–water partition coefficient (Wildman–Crippen LogP) is 2.27. The number of aromatic nitrogens is 1. The van der Waals surface area contributed by atoms with Crippen LogP contribution in [0.3, 0.4) is 0 Å². The van der Waals surface area contributed by atoms with Crippen molar-refractivity contribution in [1.82, 2.24) is 20.1 Å². The maximum Gasteiger partial charge on any atom is 0.271 e. The van der Waals surface area contributed by atoms with Gasteiger partial charge in [-0.25, -0.2) is 18.2 Å². The molecule has 4 heterocycles. The Kier molecular flexibility index (Phi) is 6.49. The van der Waals surface area contributed by atoms with Crippen LogP contribution in [0.1, 0.15) is 52.9 Å². The SMILES string of the molecule is CC(C)(C)C(NC(=O)C1(F)CC1)C(=O)N1CC2C3CC(F)[C@@H](C3)C2C1C(=O)N1CC2(CC1C#N)Oc1cc(F)cnc1NC2=O. The molecule has 3 aliphatic carbocycles. The highest BCUT2D eigenvalue weighted by Gasteiger charge is 2.65. The Morgan fingerprint density at radius 2 is 1.96 bits per heavy atom. The standard InChI is InChI=1S/C31H35F3N6O5/c1-29(2,3)23(37-27(43)30(34)4-5-30)26(42)39-12-18-14-6-17(19(33)7-14)21(18)22(39)25(41)40-13-31(9-16(40)10-35)28(44)38-24-20(45-31)8-15(32)11-36-24/h8,11,14,16-19,21-23H,4-7,9,12-13H2,1-3H3,(H,37,43)(H,36,38,44)/t14?,16?,17-,18?,19?,21?,22?,23?,31?/m1/s1. The number of carbonyl (C=O) groups excluding carboxylic acids is 4. The fourth-order valence-corrected chi connectivity index (χ4v) is 8.36. The topological polar surface area (TPSA) is 145 Å². The van der Waals surface area contributed by atoms with Crippen molar-refractivity contribution in [3.63, 3.8) is 0 Å². The van der Waals surface area contributed by atoms with Gasteiger partial charge in [0, 0.05) is 19.0 Å². The fraction of sp³-hybridized carbons (Fsp3) is 0.677. The number of nitrogens with one attached hydrogen (secondary N) is 2. The molecule has 6 aliphatic rings. The largest absolute Gasteiger partial charge is 0.471 e. The molecule has 11 nitrogen and oxygen atoms in total. The summed E-state index contributed by atoms with van der Waals surface area (Å²) in [6, 6.07) is -0.352. The van der Waals surface area contributed by atoms with Gasteiger partial charge in [0.2, 0.25) is 17.4 Å². The first-order valence-corrected chi connectivity index (χ1v) is 15.5. The Hall–Kier alpha value is -3.89. The number of nitriles is 1. The quantitative estimate of drug-likeness (QED) is 0.521. The number of anilines is 1. The number of hydrogen-bond donors (Lipinski definition) is 2. The van der Waals surface area contributed by atoms with E-state index in [0.717, 1.165) is 12.3 Å². The zero-order valence-corrected chi connectivity index (χ0v) is 25.2. The van der Waals surface area contributed by atoms with Crippen LogP contribution in [0.15, 0.2) is 12.3 Å². The Morgan fingerprint density at radius 1 is 1.22 bits per heavy atom. The second-order valence-electron chi connectivity index (χ2n) is 14.7. The first kappa shape index (κ1) is 29.8. The number of amides is 4. The maximum absolute atomic E-state index is 15.2. The Bertz CT molecular complexity index is 1540. The fourth-order valence-electron chi connectivity index (χ4n) is 8.36. The van der Waals surface area contributed by atoms with E-state index in [-0.39, 0.29) is 55.8 Å². The highest BCUT2D eigenvalue weighted by atomic mass is 19.1. The van der Waals surface area contributed by atoms with Gasteiger partial charge in [0.1, 0.15) is 30.1 Å². The van der Waals surface area contributed by atoms with Crippen LogP contribution in [0.25, 0.3) is 0 Å². The van der Waals surface area contributed by atoms with Crippen LogP contribution >= 0.6 is 0 Å². The van der Waals surface area contributed by atoms with Crippen LogP contribution < -0.4 is 15.4 Å². The number of alkyl halides is 2. The van der Waals surface area contributed by atoms with Crippen molar-refractivity contribution in [1.29, 1.82) is 5.26 Å². The van der Waals surface area contributed by atoms with E-state index in [1.54, 1.807) is 20.8 Å². The second-order valence-corrected chi connectivity index (χ2v) is 14.7. The van der Waals surface area contributed by atoms with Crippen LogP contribution in [0.4, 0.5) is 19.0 Å². The molecule has 4 amide bonds. The summed E-state index contributed by atoms with van der Waals surface area (Å²) in [7, 11) is 0. The minimum atomic E-state index is -2.03. The predicted molar refractivity (Wildman–Crippen MR) is 150 cm³/mol. The molecule has 3 saturated carbocycles. The maximum atomic E-state index is 15.2. The second kappa shape index (κ2) is 9.80. The third-order valence-corrected chi connectivity index (χ3v) is 10.8. The number of pyridine rings is 1. The molecule has 1 aromatic heterocycles. The molecule has 2 bridgehead atoms. The number of carbonyl (C=O) groups is 4. The number of ether oxygens (including phenoxy) is 1. The number of nitrogens with zero attached hydrogens (tertiary/aromatic N) is 4. The summed E-state index contributed by atoms with van der Waals surface area (Å²) in [4.78, 5) is 61.5. The zero-order valence-electron chi connectivity index (χ0n) is 25.2. The minimum absolute atomic E-state index is 0.00760. The molecule has 2 N–H and O–H groups in total. The number of fused-ring (bicyclic) bond motifs is 6. The van der Waals surface area contributed by atoms with Crippen molar-refractivity contribution in [3.05, 3.63) is 18.1 Å².